The smallest absolute Gasteiger partial charge is 0.0767 e. The first-order valence-electron chi connectivity index (χ1n) is 5.62. The zero-order chi connectivity index (χ0) is 12.8. The Kier molecular flexibility index (Phi) is 6.48. The van der Waals surface area contributed by atoms with E-state index >= 15 is 0 Å². The molecule has 17 heavy (non-hydrogen) atoms. The number of hydrogen-bond donors (Lipinski definition) is 1. The highest BCUT2D eigenvalue weighted by Crippen LogP contribution is 2.21. The molecule has 0 fully saturated rings. The Morgan fingerprint density at radius 3 is 2.76 bits per heavy atom. The molecule has 4 nitrogen and oxygen atoms in total. The van der Waals surface area contributed by atoms with E-state index in [1.165, 1.54) is 0 Å². The predicted molar refractivity (Wildman–Crippen MR) is 73.5 cm³/mol. The lowest BCUT2D eigenvalue weighted by molar-refractivity contribution is 0.172. The fraction of sp³-hybridized carbons (Fsp3) is 0.727. The molecular formula is C11H19BrClN3O. The third-order valence-electron chi connectivity index (χ3n) is 2.62. The number of ether oxygens (including phenoxy) is 1. The van der Waals surface area contributed by atoms with Crippen LogP contribution in [0.3, 0.4) is 0 Å². The molecule has 0 spiro atoms. The summed E-state index contributed by atoms with van der Waals surface area (Å²) in [5.74, 6) is 0.532. The maximum atomic E-state index is 5.85. The molecule has 1 aromatic rings. The van der Waals surface area contributed by atoms with Crippen LogP contribution in [0.15, 0.2) is 4.47 Å². The van der Waals surface area contributed by atoms with Gasteiger partial charge >= 0.3 is 0 Å². The monoisotopic (exact) mass is 323 g/mol. The van der Waals surface area contributed by atoms with Gasteiger partial charge in [-0.1, -0.05) is 6.92 Å². The van der Waals surface area contributed by atoms with Crippen LogP contribution >= 0.6 is 27.5 Å². The van der Waals surface area contributed by atoms with Crippen molar-refractivity contribution in [2.45, 2.75) is 25.9 Å². The second kappa shape index (κ2) is 7.36. The van der Waals surface area contributed by atoms with Crippen molar-refractivity contribution in [1.29, 1.82) is 0 Å². The summed E-state index contributed by atoms with van der Waals surface area (Å²) >= 11 is 9.43. The Morgan fingerprint density at radius 2 is 2.29 bits per heavy atom. The number of aromatic nitrogens is 2. The van der Waals surface area contributed by atoms with Gasteiger partial charge in [-0.3, -0.25) is 4.68 Å². The van der Waals surface area contributed by atoms with E-state index < -0.39 is 0 Å². The van der Waals surface area contributed by atoms with Crippen LogP contribution in [-0.2, 0) is 24.8 Å². The van der Waals surface area contributed by atoms with Crippen LogP contribution in [0.25, 0.3) is 0 Å². The first kappa shape index (κ1) is 15.0. The molecule has 0 bridgehead atoms. The third kappa shape index (κ3) is 3.95. The Hall–Kier alpha value is -0.100. The third-order valence-corrected chi connectivity index (χ3v) is 3.90. The van der Waals surface area contributed by atoms with Crippen molar-refractivity contribution < 1.29 is 4.74 Å². The summed E-state index contributed by atoms with van der Waals surface area (Å²) in [5.41, 5.74) is 2.21. The standard InChI is InChI=1S/C11H19BrClN3O/c1-4-9-11(12)10(16(2)15-9)6-14-8(5-13)7-17-3/h8,14H,4-7H2,1-3H3. The maximum absolute atomic E-state index is 5.85. The molecule has 1 rings (SSSR count). The summed E-state index contributed by atoms with van der Waals surface area (Å²) in [4.78, 5) is 0. The number of nitrogens with zero attached hydrogens (tertiary/aromatic N) is 2. The second-order valence-corrected chi connectivity index (χ2v) is 4.97. The average Bonchev–Trinajstić information content (AvgIpc) is 2.60. The number of aryl methyl sites for hydroxylation is 2. The second-order valence-electron chi connectivity index (χ2n) is 3.87. The summed E-state index contributed by atoms with van der Waals surface area (Å²) in [6.45, 7) is 3.43. The summed E-state index contributed by atoms with van der Waals surface area (Å²) in [7, 11) is 3.63. The number of rotatable bonds is 7. The molecule has 0 aliphatic rings. The normalized spacial score (nSPS) is 13.0. The zero-order valence-corrected chi connectivity index (χ0v) is 12.8. The molecule has 0 saturated heterocycles. The quantitative estimate of drug-likeness (QED) is 0.781. The highest BCUT2D eigenvalue weighted by molar-refractivity contribution is 9.10. The minimum Gasteiger partial charge on any atom is -0.383 e. The molecule has 6 heteroatoms. The van der Waals surface area contributed by atoms with Crippen LogP contribution in [0, 0.1) is 0 Å². The van der Waals surface area contributed by atoms with Crippen LogP contribution < -0.4 is 5.32 Å². The minimum atomic E-state index is 0.161. The van der Waals surface area contributed by atoms with Crippen molar-refractivity contribution in [3.8, 4) is 0 Å². The highest BCUT2D eigenvalue weighted by atomic mass is 79.9. The summed E-state index contributed by atoms with van der Waals surface area (Å²) in [6, 6.07) is 0.161. The van der Waals surface area contributed by atoms with Crippen molar-refractivity contribution in [3.63, 3.8) is 0 Å². The molecule has 0 amide bonds. The molecule has 1 atom stereocenters. The number of alkyl halides is 1. The summed E-state index contributed by atoms with van der Waals surface area (Å²) < 4.78 is 8.07. The van der Waals surface area contributed by atoms with E-state index in [2.05, 4.69) is 33.3 Å². The van der Waals surface area contributed by atoms with Crippen molar-refractivity contribution in [2.24, 2.45) is 7.05 Å². The van der Waals surface area contributed by atoms with Gasteiger partial charge < -0.3 is 10.1 Å². The van der Waals surface area contributed by atoms with E-state index in [9.17, 15) is 0 Å². The maximum Gasteiger partial charge on any atom is 0.0767 e. The van der Waals surface area contributed by atoms with Crippen molar-refractivity contribution in [2.75, 3.05) is 19.6 Å². The average molecular weight is 325 g/mol. The van der Waals surface area contributed by atoms with E-state index in [1.807, 2.05) is 11.7 Å². The Bertz CT molecular complexity index is 357. The number of nitrogens with one attached hydrogen (secondary N) is 1. The van der Waals surface area contributed by atoms with Gasteiger partial charge in [0.15, 0.2) is 0 Å². The van der Waals surface area contributed by atoms with Gasteiger partial charge in [-0.25, -0.2) is 0 Å². The van der Waals surface area contributed by atoms with Gasteiger partial charge in [-0.15, -0.1) is 11.6 Å². The van der Waals surface area contributed by atoms with E-state index in [4.69, 9.17) is 16.3 Å². The van der Waals surface area contributed by atoms with E-state index in [1.54, 1.807) is 7.11 Å². The summed E-state index contributed by atoms with van der Waals surface area (Å²) in [5, 5.41) is 7.80. The minimum absolute atomic E-state index is 0.161. The zero-order valence-electron chi connectivity index (χ0n) is 10.5. The van der Waals surface area contributed by atoms with Gasteiger partial charge in [0.05, 0.1) is 22.5 Å². The Labute approximate surface area is 116 Å². The number of hydrogen-bond acceptors (Lipinski definition) is 3. The highest BCUT2D eigenvalue weighted by Gasteiger charge is 2.14. The lowest BCUT2D eigenvalue weighted by Gasteiger charge is -2.15. The molecule has 1 heterocycles. The molecule has 0 saturated carbocycles. The molecule has 0 aromatic carbocycles. The fourth-order valence-electron chi connectivity index (χ4n) is 1.61. The van der Waals surface area contributed by atoms with Crippen LogP contribution in [0.5, 0.6) is 0 Å². The van der Waals surface area contributed by atoms with Crippen LogP contribution in [-0.4, -0.2) is 35.4 Å². The Balaban J connectivity index is 2.65. The van der Waals surface area contributed by atoms with E-state index in [-0.39, 0.29) is 6.04 Å². The first-order valence-corrected chi connectivity index (χ1v) is 6.95. The van der Waals surface area contributed by atoms with Gasteiger partial charge in [-0.05, 0) is 22.4 Å². The molecular weight excluding hydrogens is 305 g/mol. The topological polar surface area (TPSA) is 39.1 Å². The molecule has 1 aromatic heterocycles. The lowest BCUT2D eigenvalue weighted by Crippen LogP contribution is -2.34. The van der Waals surface area contributed by atoms with Crippen LogP contribution in [0.1, 0.15) is 18.3 Å². The predicted octanol–water partition coefficient (Wildman–Crippen LogP) is 2.09. The molecule has 0 radical (unpaired) electrons. The Morgan fingerprint density at radius 1 is 1.59 bits per heavy atom. The number of methoxy groups -OCH3 is 1. The molecule has 98 valence electrons. The van der Waals surface area contributed by atoms with Crippen LogP contribution in [0.2, 0.25) is 0 Å². The molecule has 1 N–H and O–H groups in total. The number of halogens is 2. The van der Waals surface area contributed by atoms with Crippen molar-refractivity contribution in [3.05, 3.63) is 15.9 Å². The molecule has 0 aliphatic carbocycles. The van der Waals surface area contributed by atoms with Gasteiger partial charge in [0, 0.05) is 32.6 Å². The lowest BCUT2D eigenvalue weighted by atomic mass is 10.3. The summed E-state index contributed by atoms with van der Waals surface area (Å²) in [6.07, 6.45) is 0.922. The van der Waals surface area contributed by atoms with E-state index in [0.717, 1.165) is 28.8 Å². The van der Waals surface area contributed by atoms with Gasteiger partial charge in [0.25, 0.3) is 0 Å². The first-order chi connectivity index (χ1) is 8.13. The van der Waals surface area contributed by atoms with Gasteiger partial charge in [0.1, 0.15) is 0 Å². The molecule has 1 unspecified atom stereocenters. The fourth-order valence-corrected chi connectivity index (χ4v) is 2.57. The van der Waals surface area contributed by atoms with E-state index in [0.29, 0.717) is 12.5 Å². The van der Waals surface area contributed by atoms with Gasteiger partial charge in [0.2, 0.25) is 0 Å². The largest absolute Gasteiger partial charge is 0.383 e. The van der Waals surface area contributed by atoms with Crippen molar-refractivity contribution in [1.82, 2.24) is 15.1 Å². The van der Waals surface area contributed by atoms with Crippen LogP contribution in [0.4, 0.5) is 0 Å². The van der Waals surface area contributed by atoms with Gasteiger partial charge in [-0.2, -0.15) is 5.10 Å². The van der Waals surface area contributed by atoms with Crippen molar-refractivity contribution >= 4 is 27.5 Å². The molecule has 0 aliphatic heterocycles. The SMILES string of the molecule is CCc1nn(C)c(CNC(CCl)COC)c1Br.